The monoisotopic (exact) mass is 145 g/mol. The fraction of sp³-hybridized carbons (Fsp3) is 0.875. The number of rotatable bonds is 5. The molecule has 2 N–H and O–H groups in total. The molecule has 1 radical (unpaired) electrons. The second-order valence-corrected chi connectivity index (χ2v) is 2.58. The molecule has 0 heterocycles. The molecule has 0 aliphatic heterocycles. The molecule has 2 heteroatoms. The van der Waals surface area contributed by atoms with Gasteiger partial charge in [0.05, 0.1) is 12.7 Å². The van der Waals surface area contributed by atoms with E-state index in [2.05, 4.69) is 0 Å². The summed E-state index contributed by atoms with van der Waals surface area (Å²) in [6.07, 6.45) is 2.20. The van der Waals surface area contributed by atoms with E-state index >= 15 is 0 Å². The Morgan fingerprint density at radius 1 is 1.40 bits per heavy atom. The van der Waals surface area contributed by atoms with Crippen LogP contribution in [0.25, 0.3) is 0 Å². The van der Waals surface area contributed by atoms with Gasteiger partial charge in [-0.1, -0.05) is 20.3 Å². The van der Waals surface area contributed by atoms with Gasteiger partial charge in [-0.3, -0.25) is 0 Å². The van der Waals surface area contributed by atoms with Crippen LogP contribution in [0, 0.1) is 12.5 Å². The molecule has 61 valence electrons. The van der Waals surface area contributed by atoms with Crippen molar-refractivity contribution in [2.75, 3.05) is 0 Å². The third kappa shape index (κ3) is 3.18. The maximum Gasteiger partial charge on any atom is 0.0855 e. The summed E-state index contributed by atoms with van der Waals surface area (Å²) in [5, 5.41) is 17.9. The number of aliphatic hydroxyl groups is 2. The zero-order valence-corrected chi connectivity index (χ0v) is 6.75. The van der Waals surface area contributed by atoms with Crippen LogP contribution in [0.1, 0.15) is 33.1 Å². The molecule has 0 aromatic rings. The molecule has 0 aromatic heterocycles. The summed E-state index contributed by atoms with van der Waals surface area (Å²) in [7, 11) is 0. The van der Waals surface area contributed by atoms with Crippen molar-refractivity contribution in [3.63, 3.8) is 0 Å². The van der Waals surface area contributed by atoms with Crippen molar-refractivity contribution in [1.82, 2.24) is 0 Å². The maximum atomic E-state index is 9.26. The summed E-state index contributed by atoms with van der Waals surface area (Å²) in [6.45, 7) is 5.06. The molecule has 2 nitrogen and oxygen atoms in total. The summed E-state index contributed by atoms with van der Waals surface area (Å²) in [5.74, 6) is -0.0324. The van der Waals surface area contributed by atoms with Crippen molar-refractivity contribution in [1.29, 1.82) is 0 Å². The maximum absolute atomic E-state index is 9.26. The number of aliphatic hydroxyl groups excluding tert-OH is 2. The van der Waals surface area contributed by atoms with Crippen LogP contribution in [-0.2, 0) is 0 Å². The van der Waals surface area contributed by atoms with E-state index in [0.717, 1.165) is 19.4 Å². The van der Waals surface area contributed by atoms with E-state index in [0.29, 0.717) is 6.42 Å². The first kappa shape index (κ1) is 9.92. The summed E-state index contributed by atoms with van der Waals surface area (Å²) >= 11 is 0. The van der Waals surface area contributed by atoms with Crippen LogP contribution in [0.5, 0.6) is 0 Å². The molecule has 0 fully saturated rings. The Bertz CT molecular complexity index is 73.7. The third-order valence-electron chi connectivity index (χ3n) is 1.73. The molecule has 0 aliphatic rings. The van der Waals surface area contributed by atoms with Crippen LogP contribution in [0.15, 0.2) is 0 Å². The Labute approximate surface area is 62.9 Å². The lowest BCUT2D eigenvalue weighted by molar-refractivity contribution is 0.0878. The van der Waals surface area contributed by atoms with Crippen molar-refractivity contribution in [3.05, 3.63) is 6.61 Å². The quantitative estimate of drug-likeness (QED) is 0.618. The van der Waals surface area contributed by atoms with Gasteiger partial charge in [0.2, 0.25) is 0 Å². The standard InChI is InChI=1S/C8H17O2/c1-3-5-7(6-9)8(10)4-2/h6-10H,3-5H2,1-2H3. The molecule has 2 atom stereocenters. The van der Waals surface area contributed by atoms with Crippen LogP contribution < -0.4 is 0 Å². The average Bonchev–Trinajstić information content (AvgIpc) is 1.99. The van der Waals surface area contributed by atoms with Crippen LogP contribution in [0.4, 0.5) is 0 Å². The van der Waals surface area contributed by atoms with E-state index in [-0.39, 0.29) is 12.0 Å². The SMILES string of the molecule is CCCC([CH]O)C(O)CC. The van der Waals surface area contributed by atoms with Gasteiger partial charge in [0.25, 0.3) is 0 Å². The molecule has 10 heavy (non-hydrogen) atoms. The fourth-order valence-corrected chi connectivity index (χ4v) is 1.00. The van der Waals surface area contributed by atoms with Gasteiger partial charge < -0.3 is 10.2 Å². The highest BCUT2D eigenvalue weighted by Crippen LogP contribution is 2.15. The van der Waals surface area contributed by atoms with Crippen molar-refractivity contribution >= 4 is 0 Å². The zero-order chi connectivity index (χ0) is 7.98. The topological polar surface area (TPSA) is 40.5 Å². The van der Waals surface area contributed by atoms with E-state index in [9.17, 15) is 5.11 Å². The lowest BCUT2D eigenvalue weighted by Crippen LogP contribution is -2.19. The second-order valence-electron chi connectivity index (χ2n) is 2.58. The fourth-order valence-electron chi connectivity index (χ4n) is 1.00. The normalized spacial score (nSPS) is 16.8. The molecular formula is C8H17O2. The zero-order valence-electron chi connectivity index (χ0n) is 6.75. The van der Waals surface area contributed by atoms with Crippen molar-refractivity contribution in [3.8, 4) is 0 Å². The Hall–Kier alpha value is -0.0800. The molecular weight excluding hydrogens is 128 g/mol. The highest BCUT2D eigenvalue weighted by molar-refractivity contribution is 4.72. The third-order valence-corrected chi connectivity index (χ3v) is 1.73. The average molecular weight is 145 g/mol. The van der Waals surface area contributed by atoms with Gasteiger partial charge in [0.15, 0.2) is 0 Å². The second kappa shape index (κ2) is 5.69. The van der Waals surface area contributed by atoms with E-state index in [1.165, 1.54) is 0 Å². The van der Waals surface area contributed by atoms with E-state index in [1.54, 1.807) is 0 Å². The van der Waals surface area contributed by atoms with Crippen molar-refractivity contribution in [2.24, 2.45) is 5.92 Å². The Morgan fingerprint density at radius 3 is 2.30 bits per heavy atom. The lowest BCUT2D eigenvalue weighted by Gasteiger charge is -2.17. The van der Waals surface area contributed by atoms with Gasteiger partial charge in [0.1, 0.15) is 0 Å². The molecule has 2 unspecified atom stereocenters. The van der Waals surface area contributed by atoms with Crippen LogP contribution in [0.2, 0.25) is 0 Å². The van der Waals surface area contributed by atoms with Crippen LogP contribution in [-0.4, -0.2) is 16.3 Å². The van der Waals surface area contributed by atoms with Crippen molar-refractivity contribution in [2.45, 2.75) is 39.2 Å². The summed E-state index contributed by atoms with van der Waals surface area (Å²) in [4.78, 5) is 0. The first-order valence-corrected chi connectivity index (χ1v) is 3.91. The Balaban J connectivity index is 3.56. The summed E-state index contributed by atoms with van der Waals surface area (Å²) in [5.41, 5.74) is 0. The first-order chi connectivity index (χ1) is 4.76. The van der Waals surface area contributed by atoms with Crippen molar-refractivity contribution < 1.29 is 10.2 Å². The highest BCUT2D eigenvalue weighted by Gasteiger charge is 2.15. The Kier molecular flexibility index (Phi) is 5.64. The van der Waals surface area contributed by atoms with Gasteiger partial charge in [-0.25, -0.2) is 0 Å². The van der Waals surface area contributed by atoms with Gasteiger partial charge >= 0.3 is 0 Å². The van der Waals surface area contributed by atoms with Crippen LogP contribution >= 0.6 is 0 Å². The van der Waals surface area contributed by atoms with E-state index in [4.69, 9.17) is 5.11 Å². The first-order valence-electron chi connectivity index (χ1n) is 3.91. The molecule has 0 aromatic carbocycles. The molecule has 0 saturated heterocycles. The smallest absolute Gasteiger partial charge is 0.0855 e. The highest BCUT2D eigenvalue weighted by atomic mass is 16.3. The van der Waals surface area contributed by atoms with Gasteiger partial charge in [-0.15, -0.1) is 0 Å². The minimum Gasteiger partial charge on any atom is -0.393 e. The van der Waals surface area contributed by atoms with Crippen LogP contribution in [0.3, 0.4) is 0 Å². The number of hydrogen-bond acceptors (Lipinski definition) is 2. The summed E-state index contributed by atoms with van der Waals surface area (Å²) in [6, 6.07) is 0. The van der Waals surface area contributed by atoms with Gasteiger partial charge in [-0.05, 0) is 12.8 Å². The molecule has 0 amide bonds. The lowest BCUT2D eigenvalue weighted by atomic mass is 9.96. The molecule has 0 rings (SSSR count). The molecule has 0 bridgehead atoms. The number of hydrogen-bond donors (Lipinski definition) is 2. The summed E-state index contributed by atoms with van der Waals surface area (Å²) < 4.78 is 0. The minimum atomic E-state index is -0.370. The van der Waals surface area contributed by atoms with E-state index < -0.39 is 0 Å². The van der Waals surface area contributed by atoms with E-state index in [1.807, 2.05) is 13.8 Å². The molecule has 0 aliphatic carbocycles. The predicted octanol–water partition coefficient (Wildman–Crippen LogP) is 1.71. The molecule has 0 saturated carbocycles. The van der Waals surface area contributed by atoms with Gasteiger partial charge in [-0.2, -0.15) is 0 Å². The Morgan fingerprint density at radius 2 is 2.00 bits per heavy atom. The minimum absolute atomic E-state index is 0.0324. The largest absolute Gasteiger partial charge is 0.393 e. The predicted molar refractivity (Wildman–Crippen MR) is 40.9 cm³/mol. The molecule has 0 spiro atoms. The van der Waals surface area contributed by atoms with Gasteiger partial charge in [0, 0.05) is 5.92 Å².